The SMILES string of the molecule is CCOC(=O)CCN(C)CC(=O)OC. The zero-order valence-electron chi connectivity index (χ0n) is 8.91. The molecule has 0 aliphatic carbocycles. The van der Waals surface area contributed by atoms with Crippen LogP contribution in [0, 0.1) is 0 Å². The number of nitrogens with zero attached hydrogens (tertiary/aromatic N) is 1. The quantitative estimate of drug-likeness (QED) is 0.571. The summed E-state index contributed by atoms with van der Waals surface area (Å²) < 4.78 is 9.22. The molecule has 82 valence electrons. The van der Waals surface area contributed by atoms with E-state index in [0.717, 1.165) is 0 Å². The summed E-state index contributed by atoms with van der Waals surface area (Å²) in [4.78, 5) is 23.5. The minimum absolute atomic E-state index is 0.190. The molecule has 0 aromatic heterocycles. The van der Waals surface area contributed by atoms with Crippen molar-refractivity contribution in [2.24, 2.45) is 0 Å². The van der Waals surface area contributed by atoms with Gasteiger partial charge in [0.2, 0.25) is 0 Å². The summed E-state index contributed by atoms with van der Waals surface area (Å²) in [6, 6.07) is 0. The van der Waals surface area contributed by atoms with Gasteiger partial charge in [-0.25, -0.2) is 0 Å². The van der Waals surface area contributed by atoms with Crippen LogP contribution in [0.1, 0.15) is 13.3 Å². The number of hydrogen-bond donors (Lipinski definition) is 0. The number of carbonyl (C=O) groups is 2. The van der Waals surface area contributed by atoms with Crippen LogP contribution in [0.2, 0.25) is 0 Å². The standard InChI is InChI=1S/C9H17NO4/c1-4-14-8(11)5-6-10(2)7-9(12)13-3/h4-7H2,1-3H3. The zero-order valence-corrected chi connectivity index (χ0v) is 8.91. The topological polar surface area (TPSA) is 55.8 Å². The van der Waals surface area contributed by atoms with E-state index in [4.69, 9.17) is 4.74 Å². The second kappa shape index (κ2) is 7.32. The predicted octanol–water partition coefficient (Wildman–Crippen LogP) is 0.0444. The van der Waals surface area contributed by atoms with E-state index in [0.29, 0.717) is 19.6 Å². The number of carbonyl (C=O) groups excluding carboxylic acids is 2. The highest BCUT2D eigenvalue weighted by Gasteiger charge is 2.08. The Balaban J connectivity index is 3.57. The molecule has 0 aromatic rings. The Kier molecular flexibility index (Phi) is 6.74. The molecule has 0 bridgehead atoms. The lowest BCUT2D eigenvalue weighted by Gasteiger charge is -2.13. The first-order chi connectivity index (χ1) is 6.60. The molecule has 5 nitrogen and oxygen atoms in total. The van der Waals surface area contributed by atoms with Crippen LogP contribution in [0.25, 0.3) is 0 Å². The second-order valence-electron chi connectivity index (χ2n) is 2.87. The minimum atomic E-state index is -0.309. The van der Waals surface area contributed by atoms with E-state index < -0.39 is 0 Å². The first-order valence-electron chi connectivity index (χ1n) is 4.51. The normalized spacial score (nSPS) is 10.0. The van der Waals surface area contributed by atoms with Crippen molar-refractivity contribution in [3.05, 3.63) is 0 Å². The van der Waals surface area contributed by atoms with E-state index in [1.165, 1.54) is 7.11 Å². The summed E-state index contributed by atoms with van der Waals surface area (Å²) in [5.74, 6) is -0.555. The van der Waals surface area contributed by atoms with Crippen molar-refractivity contribution in [2.75, 3.05) is 33.9 Å². The maximum absolute atomic E-state index is 10.9. The summed E-state index contributed by atoms with van der Waals surface area (Å²) in [7, 11) is 3.08. The molecule has 0 fully saturated rings. The Bertz CT molecular complexity index is 193. The Morgan fingerprint density at radius 3 is 2.43 bits per heavy atom. The molecule has 0 rings (SSSR count). The van der Waals surface area contributed by atoms with Gasteiger partial charge in [-0.2, -0.15) is 0 Å². The van der Waals surface area contributed by atoms with Crippen molar-refractivity contribution in [1.82, 2.24) is 4.90 Å². The van der Waals surface area contributed by atoms with Crippen LogP contribution in [-0.2, 0) is 19.1 Å². The number of likely N-dealkylation sites (N-methyl/N-ethyl adjacent to an activating group) is 1. The van der Waals surface area contributed by atoms with Gasteiger partial charge in [0.05, 0.1) is 26.7 Å². The average Bonchev–Trinajstić information content (AvgIpc) is 2.15. The minimum Gasteiger partial charge on any atom is -0.468 e. The van der Waals surface area contributed by atoms with Gasteiger partial charge in [-0.05, 0) is 14.0 Å². The van der Waals surface area contributed by atoms with Gasteiger partial charge in [0.1, 0.15) is 0 Å². The molecule has 0 radical (unpaired) electrons. The van der Waals surface area contributed by atoms with E-state index in [2.05, 4.69) is 4.74 Å². The smallest absolute Gasteiger partial charge is 0.319 e. The van der Waals surface area contributed by atoms with Gasteiger partial charge in [0.25, 0.3) is 0 Å². The molecule has 0 aliphatic rings. The summed E-state index contributed by atoms with van der Waals surface area (Å²) in [6.07, 6.45) is 0.293. The lowest BCUT2D eigenvalue weighted by molar-refractivity contribution is -0.145. The molecule has 0 amide bonds. The van der Waals surface area contributed by atoms with Crippen molar-refractivity contribution in [3.8, 4) is 0 Å². The highest BCUT2D eigenvalue weighted by atomic mass is 16.5. The maximum Gasteiger partial charge on any atom is 0.319 e. The Hall–Kier alpha value is -1.10. The van der Waals surface area contributed by atoms with Crippen molar-refractivity contribution in [3.63, 3.8) is 0 Å². The number of ether oxygens (including phenoxy) is 2. The molecule has 14 heavy (non-hydrogen) atoms. The lowest BCUT2D eigenvalue weighted by Crippen LogP contribution is -2.29. The predicted molar refractivity (Wildman–Crippen MR) is 50.8 cm³/mol. The number of methoxy groups -OCH3 is 1. The number of esters is 2. The van der Waals surface area contributed by atoms with E-state index >= 15 is 0 Å². The van der Waals surface area contributed by atoms with Crippen LogP contribution in [0.5, 0.6) is 0 Å². The number of rotatable bonds is 6. The van der Waals surface area contributed by atoms with Gasteiger partial charge in [-0.3, -0.25) is 14.5 Å². The van der Waals surface area contributed by atoms with E-state index in [1.807, 2.05) is 0 Å². The van der Waals surface area contributed by atoms with Crippen LogP contribution in [0.15, 0.2) is 0 Å². The fourth-order valence-corrected chi connectivity index (χ4v) is 0.879. The first kappa shape index (κ1) is 12.9. The lowest BCUT2D eigenvalue weighted by atomic mass is 10.4. The van der Waals surface area contributed by atoms with Gasteiger partial charge in [-0.1, -0.05) is 0 Å². The monoisotopic (exact) mass is 203 g/mol. The first-order valence-corrected chi connectivity index (χ1v) is 4.51. The summed E-state index contributed by atoms with van der Waals surface area (Å²) in [6.45, 7) is 2.83. The Labute approximate surface area is 84.0 Å². The highest BCUT2D eigenvalue weighted by Crippen LogP contribution is 1.91. The van der Waals surface area contributed by atoms with Gasteiger partial charge in [0, 0.05) is 6.54 Å². The average molecular weight is 203 g/mol. The van der Waals surface area contributed by atoms with Crippen LogP contribution in [0.4, 0.5) is 0 Å². The molecule has 0 aliphatic heterocycles. The third kappa shape index (κ3) is 6.42. The zero-order chi connectivity index (χ0) is 11.0. The third-order valence-electron chi connectivity index (χ3n) is 1.63. The molecular formula is C9H17NO4. The molecule has 0 unspecified atom stereocenters. The van der Waals surface area contributed by atoms with Gasteiger partial charge in [0.15, 0.2) is 0 Å². The molecule has 0 saturated carbocycles. The summed E-state index contributed by atoms with van der Waals surface area (Å²) in [5, 5.41) is 0. The number of hydrogen-bond acceptors (Lipinski definition) is 5. The maximum atomic E-state index is 10.9. The van der Waals surface area contributed by atoms with Crippen molar-refractivity contribution in [1.29, 1.82) is 0 Å². The molecule has 0 heterocycles. The molecule has 5 heteroatoms. The van der Waals surface area contributed by atoms with Gasteiger partial charge < -0.3 is 9.47 Å². The van der Waals surface area contributed by atoms with Crippen molar-refractivity contribution in [2.45, 2.75) is 13.3 Å². The summed E-state index contributed by atoms with van der Waals surface area (Å²) in [5.41, 5.74) is 0. The van der Waals surface area contributed by atoms with E-state index in [9.17, 15) is 9.59 Å². The van der Waals surface area contributed by atoms with E-state index in [-0.39, 0.29) is 18.5 Å². The molecule has 0 spiro atoms. The van der Waals surface area contributed by atoms with E-state index in [1.54, 1.807) is 18.9 Å². The molecule has 0 atom stereocenters. The fraction of sp³-hybridized carbons (Fsp3) is 0.778. The van der Waals surface area contributed by atoms with Crippen LogP contribution < -0.4 is 0 Å². The molecule has 0 saturated heterocycles. The van der Waals surface area contributed by atoms with Crippen LogP contribution in [0.3, 0.4) is 0 Å². The van der Waals surface area contributed by atoms with Gasteiger partial charge >= 0.3 is 11.9 Å². The fourth-order valence-electron chi connectivity index (χ4n) is 0.879. The van der Waals surface area contributed by atoms with Gasteiger partial charge in [-0.15, -0.1) is 0 Å². The molecule has 0 N–H and O–H groups in total. The largest absolute Gasteiger partial charge is 0.468 e. The second-order valence-corrected chi connectivity index (χ2v) is 2.87. The summed E-state index contributed by atoms with van der Waals surface area (Å²) >= 11 is 0. The Morgan fingerprint density at radius 1 is 1.29 bits per heavy atom. The van der Waals surface area contributed by atoms with Crippen molar-refractivity contribution >= 4 is 11.9 Å². The van der Waals surface area contributed by atoms with Crippen molar-refractivity contribution < 1.29 is 19.1 Å². The molecular weight excluding hydrogens is 186 g/mol. The van der Waals surface area contributed by atoms with Crippen LogP contribution >= 0.6 is 0 Å². The Morgan fingerprint density at radius 2 is 1.93 bits per heavy atom. The third-order valence-corrected chi connectivity index (χ3v) is 1.63. The molecule has 0 aromatic carbocycles. The highest BCUT2D eigenvalue weighted by molar-refractivity contribution is 5.72. The van der Waals surface area contributed by atoms with Crippen LogP contribution in [-0.4, -0.2) is 50.7 Å².